The van der Waals surface area contributed by atoms with E-state index in [1.807, 2.05) is 0 Å². The van der Waals surface area contributed by atoms with Gasteiger partial charge in [0.2, 0.25) is 0 Å². The summed E-state index contributed by atoms with van der Waals surface area (Å²) in [6.45, 7) is 0. The Kier molecular flexibility index (Phi) is 3.44. The Bertz CT molecular complexity index is 331. The normalized spacial score (nSPS) is 25.9. The first kappa shape index (κ1) is 12.1. The molecular weight excluding hydrogens is 233 g/mol. The molecular formula is C9H8ClF3O2. The molecule has 0 spiro atoms. The molecule has 0 aromatic rings. The summed E-state index contributed by atoms with van der Waals surface area (Å²) in [5, 5.41) is 8.62. The highest BCUT2D eigenvalue weighted by Gasteiger charge is 2.43. The van der Waals surface area contributed by atoms with Gasteiger partial charge < -0.3 is 5.11 Å². The zero-order chi connectivity index (χ0) is 11.6. The Morgan fingerprint density at radius 2 is 2.00 bits per heavy atom. The molecule has 0 aromatic heterocycles. The summed E-state index contributed by atoms with van der Waals surface area (Å²) < 4.78 is 37.2. The molecule has 1 aliphatic carbocycles. The second-order valence-electron chi connectivity index (χ2n) is 3.26. The minimum absolute atomic E-state index is 0.0488. The molecule has 0 aliphatic heterocycles. The average molecular weight is 241 g/mol. The van der Waals surface area contributed by atoms with E-state index in [0.717, 1.165) is 0 Å². The van der Waals surface area contributed by atoms with Crippen LogP contribution >= 0.6 is 11.6 Å². The van der Waals surface area contributed by atoms with Crippen LogP contribution in [0, 0.1) is 5.92 Å². The van der Waals surface area contributed by atoms with Crippen molar-refractivity contribution in [3.05, 3.63) is 22.4 Å². The van der Waals surface area contributed by atoms with Gasteiger partial charge in [0.05, 0.1) is 17.2 Å². The van der Waals surface area contributed by atoms with Crippen LogP contribution in [0.4, 0.5) is 13.2 Å². The van der Waals surface area contributed by atoms with Gasteiger partial charge in [-0.05, 0) is 12.8 Å². The minimum Gasteiger partial charge on any atom is -0.515 e. The van der Waals surface area contributed by atoms with Crippen LogP contribution in [0.15, 0.2) is 22.4 Å². The fourth-order valence-corrected chi connectivity index (χ4v) is 1.68. The summed E-state index contributed by atoms with van der Waals surface area (Å²) in [4.78, 5) is 10.5. The van der Waals surface area contributed by atoms with Crippen LogP contribution in [0.2, 0.25) is 0 Å². The van der Waals surface area contributed by atoms with Crippen LogP contribution < -0.4 is 0 Å². The maximum atomic E-state index is 12.4. The van der Waals surface area contributed by atoms with E-state index in [2.05, 4.69) is 0 Å². The summed E-state index contributed by atoms with van der Waals surface area (Å²) in [6.07, 6.45) is -4.40. The predicted octanol–water partition coefficient (Wildman–Crippen LogP) is 3.09. The van der Waals surface area contributed by atoms with Crippen LogP contribution in [-0.2, 0) is 4.79 Å². The number of carbonyl (C=O) groups excluding carboxylic acids is 1. The number of aliphatic hydroxyl groups is 1. The Morgan fingerprint density at radius 1 is 1.40 bits per heavy atom. The van der Waals surface area contributed by atoms with E-state index in [0.29, 0.717) is 12.5 Å². The highest BCUT2D eigenvalue weighted by Crippen LogP contribution is 2.42. The number of halogens is 4. The smallest absolute Gasteiger partial charge is 0.392 e. The number of carbonyl (C=O) groups is 1. The molecule has 1 N–H and O–H groups in total. The molecule has 84 valence electrons. The summed E-state index contributed by atoms with van der Waals surface area (Å²) in [5.41, 5.74) is -0.169. The Balaban J connectivity index is 3.05. The first-order valence-corrected chi connectivity index (χ1v) is 4.52. The molecule has 0 saturated carbocycles. The lowest BCUT2D eigenvalue weighted by atomic mass is 9.86. The first-order valence-electron chi connectivity index (χ1n) is 4.14. The van der Waals surface area contributed by atoms with Crippen molar-refractivity contribution in [3.8, 4) is 0 Å². The number of aliphatic hydroxyl groups excluding tert-OH is 1. The van der Waals surface area contributed by atoms with E-state index in [9.17, 15) is 18.0 Å². The van der Waals surface area contributed by atoms with Crippen molar-refractivity contribution in [1.82, 2.24) is 0 Å². The summed E-state index contributed by atoms with van der Waals surface area (Å²) in [6, 6.07) is 0. The summed E-state index contributed by atoms with van der Waals surface area (Å²) in [5.74, 6) is -1.65. The fraction of sp³-hybridized carbons (Fsp3) is 0.444. The van der Waals surface area contributed by atoms with Crippen molar-refractivity contribution in [1.29, 1.82) is 0 Å². The van der Waals surface area contributed by atoms with Gasteiger partial charge in [-0.3, -0.25) is 4.79 Å². The molecule has 6 heteroatoms. The van der Waals surface area contributed by atoms with Gasteiger partial charge in [0.1, 0.15) is 6.29 Å². The first-order chi connectivity index (χ1) is 6.90. The molecule has 1 atom stereocenters. The largest absolute Gasteiger partial charge is 0.515 e. The number of aldehydes is 1. The van der Waals surface area contributed by atoms with E-state index in [-0.39, 0.29) is 16.2 Å². The van der Waals surface area contributed by atoms with Gasteiger partial charge in [0, 0.05) is 11.1 Å². The molecule has 1 aliphatic rings. The lowest BCUT2D eigenvalue weighted by Crippen LogP contribution is -2.27. The number of hydrogen-bond donors (Lipinski definition) is 1. The zero-order valence-corrected chi connectivity index (χ0v) is 8.27. The molecule has 0 unspecified atom stereocenters. The Hall–Kier alpha value is -0.970. The number of alkyl halides is 3. The fourth-order valence-electron chi connectivity index (χ4n) is 1.43. The molecule has 0 heterocycles. The van der Waals surface area contributed by atoms with E-state index in [1.54, 1.807) is 0 Å². The van der Waals surface area contributed by atoms with E-state index in [4.69, 9.17) is 16.7 Å². The van der Waals surface area contributed by atoms with Crippen molar-refractivity contribution in [2.45, 2.75) is 19.0 Å². The van der Waals surface area contributed by atoms with E-state index in [1.165, 1.54) is 0 Å². The third kappa shape index (κ3) is 2.53. The van der Waals surface area contributed by atoms with Crippen LogP contribution in [0.5, 0.6) is 0 Å². The quantitative estimate of drug-likeness (QED) is 0.565. The minimum atomic E-state index is -4.39. The number of rotatable bonds is 1. The van der Waals surface area contributed by atoms with E-state index >= 15 is 0 Å². The molecule has 1 rings (SSSR count). The van der Waals surface area contributed by atoms with Gasteiger partial charge in [-0.15, -0.1) is 0 Å². The number of hydrogen-bond acceptors (Lipinski definition) is 2. The molecule has 0 amide bonds. The van der Waals surface area contributed by atoms with E-state index < -0.39 is 24.9 Å². The molecule has 0 bridgehead atoms. The molecule has 0 radical (unpaired) electrons. The van der Waals surface area contributed by atoms with Gasteiger partial charge in [-0.2, -0.15) is 13.2 Å². The summed E-state index contributed by atoms with van der Waals surface area (Å²) >= 11 is 5.62. The van der Waals surface area contributed by atoms with Gasteiger partial charge in [-0.25, -0.2) is 0 Å². The molecule has 0 fully saturated rings. The highest BCUT2D eigenvalue weighted by atomic mass is 35.5. The second-order valence-corrected chi connectivity index (χ2v) is 3.64. The van der Waals surface area contributed by atoms with Gasteiger partial charge in [0.25, 0.3) is 0 Å². The van der Waals surface area contributed by atoms with Crippen molar-refractivity contribution >= 4 is 17.9 Å². The predicted molar refractivity (Wildman–Crippen MR) is 48.4 cm³/mol. The van der Waals surface area contributed by atoms with Crippen molar-refractivity contribution in [2.24, 2.45) is 5.92 Å². The topological polar surface area (TPSA) is 37.3 Å². The van der Waals surface area contributed by atoms with Crippen molar-refractivity contribution in [2.75, 3.05) is 0 Å². The van der Waals surface area contributed by atoms with Crippen molar-refractivity contribution in [3.63, 3.8) is 0 Å². The number of allylic oxidation sites excluding steroid dienone is 3. The SMILES string of the molecule is O=CC1=C(Cl)/C(=C/O)C[C@H](C(F)(F)F)C1. The third-order valence-electron chi connectivity index (χ3n) is 2.26. The van der Waals surface area contributed by atoms with Crippen LogP contribution in [0.1, 0.15) is 12.8 Å². The van der Waals surface area contributed by atoms with Gasteiger partial charge >= 0.3 is 6.18 Å². The maximum Gasteiger partial charge on any atom is 0.392 e. The highest BCUT2D eigenvalue weighted by molar-refractivity contribution is 6.33. The van der Waals surface area contributed by atoms with Gasteiger partial charge in [-0.1, -0.05) is 11.6 Å². The second kappa shape index (κ2) is 4.26. The Morgan fingerprint density at radius 3 is 2.40 bits per heavy atom. The lowest BCUT2D eigenvalue weighted by Gasteiger charge is -2.26. The van der Waals surface area contributed by atoms with Crippen LogP contribution in [-0.4, -0.2) is 17.6 Å². The molecule has 0 aromatic carbocycles. The monoisotopic (exact) mass is 240 g/mol. The molecule has 0 saturated heterocycles. The molecule has 2 nitrogen and oxygen atoms in total. The van der Waals surface area contributed by atoms with Crippen molar-refractivity contribution < 1.29 is 23.1 Å². The third-order valence-corrected chi connectivity index (χ3v) is 2.74. The lowest BCUT2D eigenvalue weighted by molar-refractivity contribution is -0.174. The zero-order valence-electron chi connectivity index (χ0n) is 7.51. The summed E-state index contributed by atoms with van der Waals surface area (Å²) in [7, 11) is 0. The average Bonchev–Trinajstić information content (AvgIpc) is 2.16. The van der Waals surface area contributed by atoms with Gasteiger partial charge in [0.15, 0.2) is 0 Å². The van der Waals surface area contributed by atoms with Crippen LogP contribution in [0.25, 0.3) is 0 Å². The molecule has 15 heavy (non-hydrogen) atoms. The maximum absolute atomic E-state index is 12.4. The standard InChI is InChI=1S/C9H8ClF3O2/c10-8-5(3-14)1-7(9(11,12)13)2-6(8)4-15/h3-4,7,14H,1-2H2/b5-3+/t7-/m0/s1. The van der Waals surface area contributed by atoms with Crippen LogP contribution in [0.3, 0.4) is 0 Å². The Labute approximate surface area is 89.0 Å².